The highest BCUT2D eigenvalue weighted by Crippen LogP contribution is 2.26. The van der Waals surface area contributed by atoms with Crippen molar-refractivity contribution in [2.24, 2.45) is 0 Å². The number of hydrogen-bond donors (Lipinski definition) is 2. The molecule has 1 aromatic carbocycles. The lowest BCUT2D eigenvalue weighted by atomic mass is 10.1. The minimum absolute atomic E-state index is 0.184. The third kappa shape index (κ3) is 3.95. The largest absolute Gasteiger partial charge is 0.379 e. The highest BCUT2D eigenvalue weighted by molar-refractivity contribution is 7.91. The van der Waals surface area contributed by atoms with Crippen LogP contribution in [0.4, 0.5) is 0 Å². The van der Waals surface area contributed by atoms with Crippen LogP contribution in [0.2, 0.25) is 0 Å². The molecule has 1 aliphatic heterocycles. The molecular formula is C20H23N3O4S2. The van der Waals surface area contributed by atoms with Crippen LogP contribution < -0.4 is 5.32 Å². The second-order valence-corrected chi connectivity index (χ2v) is 10.4. The molecule has 1 saturated heterocycles. The smallest absolute Gasteiger partial charge is 0.252 e. The first-order chi connectivity index (χ1) is 13.9. The predicted octanol–water partition coefficient (Wildman–Crippen LogP) is 2.80. The molecule has 7 nitrogen and oxygen atoms in total. The fourth-order valence-electron chi connectivity index (χ4n) is 3.38. The molecule has 29 heavy (non-hydrogen) atoms. The van der Waals surface area contributed by atoms with Crippen LogP contribution in [-0.4, -0.2) is 49.9 Å². The zero-order chi connectivity index (χ0) is 20.6. The maximum Gasteiger partial charge on any atom is 0.252 e. The zero-order valence-electron chi connectivity index (χ0n) is 16.3. The normalized spacial score (nSPS) is 15.7. The number of aryl methyl sites for hydroxylation is 2. The number of carbonyl (C=O) groups is 1. The number of ether oxygens (including phenoxy) is 1. The minimum atomic E-state index is -3.50. The molecular weight excluding hydrogens is 410 g/mol. The maximum absolute atomic E-state index is 12.7. The van der Waals surface area contributed by atoms with E-state index < -0.39 is 10.0 Å². The molecule has 3 aromatic rings. The summed E-state index contributed by atoms with van der Waals surface area (Å²) in [7, 11) is -3.50. The van der Waals surface area contributed by atoms with Crippen LogP contribution in [0.3, 0.4) is 0 Å². The summed E-state index contributed by atoms with van der Waals surface area (Å²) in [5.41, 5.74) is 3.81. The molecule has 1 fully saturated rings. The Balaban J connectivity index is 1.44. The van der Waals surface area contributed by atoms with Crippen LogP contribution >= 0.6 is 11.3 Å². The summed E-state index contributed by atoms with van der Waals surface area (Å²) in [6.45, 7) is 5.88. The second-order valence-electron chi connectivity index (χ2n) is 7.06. The van der Waals surface area contributed by atoms with Gasteiger partial charge in [0.25, 0.3) is 15.9 Å². The summed E-state index contributed by atoms with van der Waals surface area (Å²) in [5.74, 6) is -0.184. The molecule has 9 heteroatoms. The predicted molar refractivity (Wildman–Crippen MR) is 113 cm³/mol. The number of hydrogen-bond acceptors (Lipinski definition) is 5. The quantitative estimate of drug-likeness (QED) is 0.647. The average molecular weight is 434 g/mol. The van der Waals surface area contributed by atoms with E-state index in [0.717, 1.165) is 27.0 Å². The number of nitrogens with one attached hydrogen (secondary N) is 2. The number of thiophene rings is 1. The number of benzene rings is 1. The van der Waals surface area contributed by atoms with Gasteiger partial charge >= 0.3 is 0 Å². The third-order valence-corrected chi connectivity index (χ3v) is 8.65. The van der Waals surface area contributed by atoms with E-state index in [9.17, 15) is 13.2 Å². The fourth-order valence-corrected chi connectivity index (χ4v) is 6.24. The molecule has 4 rings (SSSR count). The van der Waals surface area contributed by atoms with Crippen molar-refractivity contribution in [3.05, 3.63) is 52.0 Å². The average Bonchev–Trinajstić information content (AvgIpc) is 3.32. The molecule has 0 spiro atoms. The van der Waals surface area contributed by atoms with Crippen LogP contribution in [0.25, 0.3) is 10.9 Å². The summed E-state index contributed by atoms with van der Waals surface area (Å²) >= 11 is 1.19. The standard InChI is InChI=1S/C20H23N3O4S2/c1-13-14(2)22-18-5-3-15(11-17(13)18)20(24)21-12-16-4-6-19(28-16)29(25,26)23-7-9-27-10-8-23/h3-6,11,22H,7-10,12H2,1-2H3,(H,21,24). The van der Waals surface area contributed by atoms with Gasteiger partial charge in [0.15, 0.2) is 0 Å². The van der Waals surface area contributed by atoms with E-state index in [0.29, 0.717) is 36.1 Å². The Morgan fingerprint density at radius 3 is 2.72 bits per heavy atom. The van der Waals surface area contributed by atoms with Crippen LogP contribution in [0, 0.1) is 13.8 Å². The number of nitrogens with zero attached hydrogens (tertiary/aromatic N) is 1. The molecule has 1 amide bonds. The van der Waals surface area contributed by atoms with Gasteiger partial charge in [0.2, 0.25) is 0 Å². The van der Waals surface area contributed by atoms with Gasteiger partial charge in [-0.1, -0.05) is 0 Å². The van der Waals surface area contributed by atoms with Crippen LogP contribution in [0.15, 0.2) is 34.5 Å². The van der Waals surface area contributed by atoms with Crippen molar-refractivity contribution in [2.45, 2.75) is 24.6 Å². The highest BCUT2D eigenvalue weighted by atomic mass is 32.2. The number of morpholine rings is 1. The minimum Gasteiger partial charge on any atom is -0.379 e. The van der Waals surface area contributed by atoms with Crippen LogP contribution in [-0.2, 0) is 21.3 Å². The van der Waals surface area contributed by atoms with E-state index in [1.807, 2.05) is 26.0 Å². The Morgan fingerprint density at radius 1 is 1.21 bits per heavy atom. The van der Waals surface area contributed by atoms with E-state index in [1.54, 1.807) is 18.2 Å². The van der Waals surface area contributed by atoms with Crippen molar-refractivity contribution < 1.29 is 17.9 Å². The Morgan fingerprint density at radius 2 is 1.97 bits per heavy atom. The Hall–Kier alpha value is -2.20. The molecule has 2 aromatic heterocycles. The molecule has 154 valence electrons. The van der Waals surface area contributed by atoms with Crippen molar-refractivity contribution in [2.75, 3.05) is 26.3 Å². The van der Waals surface area contributed by atoms with Gasteiger partial charge in [0, 0.05) is 40.1 Å². The molecule has 0 atom stereocenters. The van der Waals surface area contributed by atoms with E-state index in [1.165, 1.54) is 15.6 Å². The zero-order valence-corrected chi connectivity index (χ0v) is 18.0. The molecule has 1 aliphatic rings. The number of fused-ring (bicyclic) bond motifs is 1. The van der Waals surface area contributed by atoms with Crippen molar-refractivity contribution in [3.63, 3.8) is 0 Å². The van der Waals surface area contributed by atoms with Crippen LogP contribution in [0.5, 0.6) is 0 Å². The summed E-state index contributed by atoms with van der Waals surface area (Å²) in [5, 5.41) is 3.92. The van der Waals surface area contributed by atoms with Gasteiger partial charge in [0.1, 0.15) is 4.21 Å². The number of rotatable bonds is 5. The SMILES string of the molecule is Cc1[nH]c2ccc(C(=O)NCc3ccc(S(=O)(=O)N4CCOCC4)s3)cc2c1C. The summed E-state index contributed by atoms with van der Waals surface area (Å²) < 4.78 is 32.4. The monoisotopic (exact) mass is 433 g/mol. The van der Waals surface area contributed by atoms with Gasteiger partial charge in [0.05, 0.1) is 19.8 Å². The summed E-state index contributed by atoms with van der Waals surface area (Å²) in [6, 6.07) is 8.93. The Kier molecular flexibility index (Phi) is 5.48. The molecule has 0 bridgehead atoms. The highest BCUT2D eigenvalue weighted by Gasteiger charge is 2.27. The first-order valence-electron chi connectivity index (χ1n) is 9.40. The van der Waals surface area contributed by atoms with Crippen molar-refractivity contribution >= 4 is 38.2 Å². The lowest BCUT2D eigenvalue weighted by Crippen LogP contribution is -2.40. The van der Waals surface area contributed by atoms with Gasteiger partial charge in [-0.2, -0.15) is 4.31 Å². The lowest BCUT2D eigenvalue weighted by Gasteiger charge is -2.25. The van der Waals surface area contributed by atoms with E-state index in [2.05, 4.69) is 10.3 Å². The van der Waals surface area contributed by atoms with Crippen LogP contribution in [0.1, 0.15) is 26.5 Å². The molecule has 0 saturated carbocycles. The molecule has 0 aliphatic carbocycles. The van der Waals surface area contributed by atoms with Gasteiger partial charge < -0.3 is 15.0 Å². The van der Waals surface area contributed by atoms with E-state index >= 15 is 0 Å². The van der Waals surface area contributed by atoms with Crippen molar-refractivity contribution in [1.29, 1.82) is 0 Å². The first kappa shape index (κ1) is 20.1. The maximum atomic E-state index is 12.7. The van der Waals surface area contributed by atoms with Gasteiger partial charge in [-0.15, -0.1) is 11.3 Å². The van der Waals surface area contributed by atoms with E-state index in [-0.39, 0.29) is 12.5 Å². The Labute approximate surface area is 173 Å². The Bertz CT molecular complexity index is 1160. The van der Waals surface area contributed by atoms with Gasteiger partial charge in [-0.05, 0) is 49.7 Å². The van der Waals surface area contributed by atoms with Gasteiger partial charge in [-0.3, -0.25) is 4.79 Å². The van der Waals surface area contributed by atoms with Crippen molar-refractivity contribution in [1.82, 2.24) is 14.6 Å². The van der Waals surface area contributed by atoms with E-state index in [4.69, 9.17) is 4.74 Å². The fraction of sp³-hybridized carbons (Fsp3) is 0.350. The molecule has 3 heterocycles. The van der Waals surface area contributed by atoms with Gasteiger partial charge in [-0.25, -0.2) is 8.42 Å². The number of sulfonamides is 1. The topological polar surface area (TPSA) is 91.5 Å². The molecule has 0 unspecified atom stereocenters. The second kappa shape index (κ2) is 7.91. The number of carbonyl (C=O) groups excluding carboxylic acids is 1. The summed E-state index contributed by atoms with van der Waals surface area (Å²) in [6.07, 6.45) is 0. The molecule has 2 N–H and O–H groups in total. The van der Waals surface area contributed by atoms with Crippen molar-refractivity contribution in [3.8, 4) is 0 Å². The number of aromatic amines is 1. The first-order valence-corrected chi connectivity index (χ1v) is 11.7. The summed E-state index contributed by atoms with van der Waals surface area (Å²) in [4.78, 5) is 16.7. The number of amides is 1. The number of H-pyrrole nitrogens is 1. The molecule has 0 radical (unpaired) electrons. The lowest BCUT2D eigenvalue weighted by molar-refractivity contribution is 0.0731. The third-order valence-electron chi connectivity index (χ3n) is 5.19. The number of aromatic nitrogens is 1.